The molecule has 1 amide bonds. The largest absolute Gasteiger partial charge is 0.493 e. The Morgan fingerprint density at radius 2 is 1.62 bits per heavy atom. The van der Waals surface area contributed by atoms with E-state index < -0.39 is 0 Å². The minimum atomic E-state index is -0.257. The number of carbonyl (C=O) groups excluding carboxylic acids is 1. The van der Waals surface area contributed by atoms with Gasteiger partial charge in [-0.3, -0.25) is 10.1 Å². The molecule has 3 aromatic carbocycles. The number of methoxy groups -OCH3 is 3. The van der Waals surface area contributed by atoms with Crippen LogP contribution in [-0.4, -0.2) is 38.8 Å². The van der Waals surface area contributed by atoms with Crippen molar-refractivity contribution in [1.82, 2.24) is 4.98 Å². The normalized spacial score (nSPS) is 11.1. The van der Waals surface area contributed by atoms with Crippen molar-refractivity contribution >= 4 is 44.7 Å². The zero-order valence-corrected chi connectivity index (χ0v) is 22.4. The van der Waals surface area contributed by atoms with Gasteiger partial charge in [-0.15, -0.1) is 0 Å². The highest BCUT2D eigenvalue weighted by Gasteiger charge is 2.13. The zero-order valence-electron chi connectivity index (χ0n) is 21.6. The Morgan fingerprint density at radius 1 is 0.919 bits per heavy atom. The van der Waals surface area contributed by atoms with Crippen LogP contribution in [0, 0.1) is 6.92 Å². The van der Waals surface area contributed by atoms with E-state index in [0.29, 0.717) is 28.1 Å². The van der Waals surface area contributed by atoms with Gasteiger partial charge in [-0.05, 0) is 65.9 Å². The summed E-state index contributed by atoms with van der Waals surface area (Å²) in [5, 5.41) is 3.41. The molecule has 0 fully saturated rings. The summed E-state index contributed by atoms with van der Waals surface area (Å²) in [5.41, 5.74) is 4.85. The van der Waals surface area contributed by atoms with E-state index >= 15 is 0 Å². The van der Waals surface area contributed by atoms with Gasteiger partial charge >= 0.3 is 0 Å². The second-order valence-corrected chi connectivity index (χ2v) is 9.36. The maximum Gasteiger partial charge on any atom is 0.264 e. The third-order valence-electron chi connectivity index (χ3n) is 5.83. The molecular formula is C29H30N2O5S. The zero-order chi connectivity index (χ0) is 26.4. The van der Waals surface area contributed by atoms with Gasteiger partial charge in [0.2, 0.25) is 5.75 Å². The molecule has 1 N–H and O–H groups in total. The number of rotatable bonds is 10. The van der Waals surface area contributed by atoms with E-state index in [0.717, 1.165) is 33.3 Å². The Hall–Kier alpha value is -4.04. The average Bonchev–Trinajstić information content (AvgIpc) is 3.32. The minimum Gasteiger partial charge on any atom is -0.493 e. The van der Waals surface area contributed by atoms with Crippen LogP contribution in [0.2, 0.25) is 0 Å². The number of hydrogen-bond acceptors (Lipinski definition) is 7. The predicted octanol–water partition coefficient (Wildman–Crippen LogP) is 6.38. The molecule has 192 valence electrons. The van der Waals surface area contributed by atoms with Crippen LogP contribution in [-0.2, 0) is 11.2 Å². The molecule has 0 saturated carbocycles. The Balaban J connectivity index is 1.43. The highest BCUT2D eigenvalue weighted by Crippen LogP contribution is 2.38. The summed E-state index contributed by atoms with van der Waals surface area (Å²) in [6.07, 6.45) is 4.85. The molecule has 1 aromatic heterocycles. The fourth-order valence-electron chi connectivity index (χ4n) is 3.81. The second kappa shape index (κ2) is 11.8. The van der Waals surface area contributed by atoms with Gasteiger partial charge in [-0.1, -0.05) is 48.6 Å². The maximum atomic E-state index is 12.5. The highest BCUT2D eigenvalue weighted by molar-refractivity contribution is 7.22. The molecule has 37 heavy (non-hydrogen) atoms. The number of ether oxygens (including phenoxy) is 4. The van der Waals surface area contributed by atoms with Gasteiger partial charge < -0.3 is 18.9 Å². The van der Waals surface area contributed by atoms with E-state index in [1.54, 1.807) is 21.3 Å². The summed E-state index contributed by atoms with van der Waals surface area (Å²) < 4.78 is 23.1. The van der Waals surface area contributed by atoms with Gasteiger partial charge in [-0.25, -0.2) is 4.98 Å². The summed E-state index contributed by atoms with van der Waals surface area (Å²) in [6.45, 7) is 3.93. The van der Waals surface area contributed by atoms with Crippen molar-refractivity contribution in [3.63, 3.8) is 0 Å². The number of nitrogens with one attached hydrogen (secondary N) is 1. The number of thiazole rings is 1. The first kappa shape index (κ1) is 26.0. The predicted molar refractivity (Wildman–Crippen MR) is 149 cm³/mol. The minimum absolute atomic E-state index is 0.114. The summed E-state index contributed by atoms with van der Waals surface area (Å²) in [7, 11) is 4.75. The number of aromatic nitrogens is 1. The van der Waals surface area contributed by atoms with E-state index in [2.05, 4.69) is 29.4 Å². The van der Waals surface area contributed by atoms with E-state index in [9.17, 15) is 4.79 Å². The van der Waals surface area contributed by atoms with Gasteiger partial charge in [-0.2, -0.15) is 0 Å². The molecule has 4 rings (SSSR count). The molecule has 0 spiro atoms. The van der Waals surface area contributed by atoms with E-state index in [1.165, 1.54) is 16.9 Å². The molecule has 0 atom stereocenters. The number of aryl methyl sites for hydroxylation is 2. The van der Waals surface area contributed by atoms with Gasteiger partial charge in [0.05, 0.1) is 31.5 Å². The van der Waals surface area contributed by atoms with Crippen LogP contribution in [0.1, 0.15) is 29.2 Å². The monoisotopic (exact) mass is 518 g/mol. The fraction of sp³-hybridized carbons (Fsp3) is 0.241. The van der Waals surface area contributed by atoms with Crippen LogP contribution >= 0.6 is 11.3 Å². The van der Waals surface area contributed by atoms with Crippen LogP contribution in [0.25, 0.3) is 22.4 Å². The molecule has 0 bridgehead atoms. The standard InChI is InChI=1S/C29H30N2O5S/c1-6-19-11-12-26-22(13-19)30-29(37-26)31-27(32)17-36-23-14-20(8-7-18(23)2)9-10-21-15-24(33-3)28(35-5)25(16-21)34-4/h7-16H,6,17H2,1-5H3,(H,30,31,32)/b10-9-. The third-order valence-corrected chi connectivity index (χ3v) is 6.78. The topological polar surface area (TPSA) is 78.9 Å². The first-order valence-corrected chi connectivity index (χ1v) is 12.7. The average molecular weight is 519 g/mol. The Labute approximate surface area is 220 Å². The Kier molecular flexibility index (Phi) is 8.30. The highest BCUT2D eigenvalue weighted by atomic mass is 32.1. The van der Waals surface area contributed by atoms with E-state index in [-0.39, 0.29) is 12.5 Å². The van der Waals surface area contributed by atoms with Crippen LogP contribution < -0.4 is 24.3 Å². The van der Waals surface area contributed by atoms with Crippen molar-refractivity contribution in [3.8, 4) is 23.0 Å². The fourth-order valence-corrected chi connectivity index (χ4v) is 4.67. The van der Waals surface area contributed by atoms with E-state index in [4.69, 9.17) is 18.9 Å². The quantitative estimate of drug-likeness (QED) is 0.245. The second-order valence-electron chi connectivity index (χ2n) is 8.33. The van der Waals surface area contributed by atoms with E-state index in [1.807, 2.05) is 55.5 Å². The van der Waals surface area contributed by atoms with Gasteiger partial charge in [0, 0.05) is 0 Å². The van der Waals surface area contributed by atoms with Crippen molar-refractivity contribution in [2.75, 3.05) is 33.3 Å². The molecule has 1 heterocycles. The Morgan fingerprint density at radius 3 is 2.30 bits per heavy atom. The molecule has 0 saturated heterocycles. The number of fused-ring (bicyclic) bond motifs is 1. The van der Waals surface area contributed by atoms with Crippen LogP contribution in [0.5, 0.6) is 23.0 Å². The van der Waals surface area contributed by atoms with Crippen molar-refractivity contribution < 1.29 is 23.7 Å². The number of carbonyl (C=O) groups is 1. The lowest BCUT2D eigenvalue weighted by molar-refractivity contribution is -0.118. The summed E-state index contributed by atoms with van der Waals surface area (Å²) >= 11 is 1.45. The number of anilines is 1. The molecule has 4 aromatic rings. The molecule has 0 unspecified atom stereocenters. The number of amides is 1. The van der Waals surface area contributed by atoms with Crippen LogP contribution in [0.4, 0.5) is 5.13 Å². The third kappa shape index (κ3) is 6.21. The van der Waals surface area contributed by atoms with Gasteiger partial charge in [0.1, 0.15) is 5.75 Å². The molecule has 0 aliphatic carbocycles. The van der Waals surface area contributed by atoms with Crippen LogP contribution in [0.3, 0.4) is 0 Å². The lowest BCUT2D eigenvalue weighted by atomic mass is 10.1. The van der Waals surface area contributed by atoms with Crippen molar-refractivity contribution in [2.45, 2.75) is 20.3 Å². The summed E-state index contributed by atoms with van der Waals surface area (Å²) in [6, 6.07) is 15.8. The first-order chi connectivity index (χ1) is 17.9. The smallest absolute Gasteiger partial charge is 0.264 e. The van der Waals surface area contributed by atoms with Crippen LogP contribution in [0.15, 0.2) is 48.5 Å². The number of benzene rings is 3. The molecule has 0 aliphatic rings. The summed E-state index contributed by atoms with van der Waals surface area (Å²) in [5.74, 6) is 2.09. The number of nitrogens with zero attached hydrogens (tertiary/aromatic N) is 1. The van der Waals surface area contributed by atoms with Crippen molar-refractivity contribution in [1.29, 1.82) is 0 Å². The van der Waals surface area contributed by atoms with Gasteiger partial charge in [0.15, 0.2) is 23.2 Å². The molecule has 8 heteroatoms. The SMILES string of the molecule is CCc1ccc2sc(NC(=O)COc3cc(/C=C\c4cc(OC)c(OC)c(OC)c4)ccc3C)nc2c1. The van der Waals surface area contributed by atoms with Gasteiger partial charge in [0.25, 0.3) is 5.91 Å². The Bertz CT molecular complexity index is 1420. The lowest BCUT2D eigenvalue weighted by Crippen LogP contribution is -2.20. The van der Waals surface area contributed by atoms with Crippen molar-refractivity contribution in [3.05, 3.63) is 70.8 Å². The maximum absolute atomic E-state index is 12.5. The molecular weight excluding hydrogens is 488 g/mol. The molecule has 7 nitrogen and oxygen atoms in total. The number of hydrogen-bond donors (Lipinski definition) is 1. The molecule has 0 radical (unpaired) electrons. The lowest BCUT2D eigenvalue weighted by Gasteiger charge is -2.13. The summed E-state index contributed by atoms with van der Waals surface area (Å²) in [4.78, 5) is 17.1. The molecule has 0 aliphatic heterocycles. The first-order valence-electron chi connectivity index (χ1n) is 11.8. The van der Waals surface area contributed by atoms with Crippen molar-refractivity contribution in [2.24, 2.45) is 0 Å².